The lowest BCUT2D eigenvalue weighted by Crippen LogP contribution is -2.43. The number of carbonyl (C=O) groups excluding carboxylic acids is 1. The Labute approximate surface area is 88.9 Å². The lowest BCUT2D eigenvalue weighted by molar-refractivity contribution is -0.119. The zero-order valence-corrected chi connectivity index (χ0v) is 7.80. The van der Waals surface area contributed by atoms with Crippen LogP contribution in [0.4, 0.5) is 5.82 Å². The highest BCUT2D eigenvalue weighted by Gasteiger charge is 2.26. The molecule has 2 heterocycles. The maximum Gasteiger partial charge on any atom is 0.248 e. The molecule has 0 saturated carbocycles. The first-order valence-electron chi connectivity index (χ1n) is 4.31. The van der Waals surface area contributed by atoms with Crippen molar-refractivity contribution < 1.29 is 9.53 Å². The Morgan fingerprint density at radius 3 is 3.13 bits per heavy atom. The number of amides is 1. The molecule has 1 aromatic rings. The number of pyridine rings is 1. The normalized spacial score (nSPS) is 19.7. The summed E-state index contributed by atoms with van der Waals surface area (Å²) in [5.41, 5.74) is 5.60. The lowest BCUT2D eigenvalue weighted by Gasteiger charge is -2.15. The second kappa shape index (κ2) is 4.27. The van der Waals surface area contributed by atoms with Crippen molar-refractivity contribution in [2.75, 3.05) is 18.6 Å². The van der Waals surface area contributed by atoms with Crippen LogP contribution in [-0.2, 0) is 4.79 Å². The number of hydrogen-bond acceptors (Lipinski definition) is 4. The maximum atomic E-state index is 11.6. The number of ether oxygens (including phenoxy) is 1. The molecular formula is C10H15N3O2. The molecule has 0 aromatic carbocycles. The number of aromatic nitrogens is 1. The van der Waals surface area contributed by atoms with Crippen LogP contribution in [0.5, 0.6) is 5.75 Å². The molecule has 82 valence electrons. The molecule has 1 amide bonds. The molecule has 1 atom stereocenters. The van der Waals surface area contributed by atoms with Gasteiger partial charge >= 0.3 is 0 Å². The Bertz CT molecular complexity index is 367. The predicted octanol–water partition coefficient (Wildman–Crippen LogP) is 0.400. The van der Waals surface area contributed by atoms with Crippen LogP contribution in [0, 0.1) is 0 Å². The van der Waals surface area contributed by atoms with Crippen LogP contribution >= 0.6 is 0 Å². The van der Waals surface area contributed by atoms with Gasteiger partial charge in [-0.15, -0.1) is 0 Å². The molecule has 5 nitrogen and oxygen atoms in total. The van der Waals surface area contributed by atoms with E-state index in [1.165, 1.54) is 4.90 Å². The zero-order chi connectivity index (χ0) is 10.1. The van der Waals surface area contributed by atoms with E-state index in [0.29, 0.717) is 11.6 Å². The molecule has 1 aliphatic heterocycles. The van der Waals surface area contributed by atoms with Crippen molar-refractivity contribution in [2.24, 2.45) is 5.73 Å². The van der Waals surface area contributed by atoms with Gasteiger partial charge in [0.2, 0.25) is 5.91 Å². The Balaban J connectivity index is 0.00000112. The van der Waals surface area contributed by atoms with Crippen LogP contribution in [0.2, 0.25) is 0 Å². The van der Waals surface area contributed by atoms with Gasteiger partial charge < -0.3 is 10.5 Å². The summed E-state index contributed by atoms with van der Waals surface area (Å²) < 4.78 is 5.35. The van der Waals surface area contributed by atoms with Gasteiger partial charge in [0.05, 0.1) is 0 Å². The fourth-order valence-electron chi connectivity index (χ4n) is 1.35. The number of carbonyl (C=O) groups is 1. The van der Waals surface area contributed by atoms with Crippen LogP contribution in [0.1, 0.15) is 7.43 Å². The molecule has 5 heteroatoms. The van der Waals surface area contributed by atoms with E-state index in [-0.39, 0.29) is 19.9 Å². The van der Waals surface area contributed by atoms with Crippen molar-refractivity contribution in [3.8, 4) is 5.75 Å². The van der Waals surface area contributed by atoms with E-state index in [9.17, 15) is 4.79 Å². The highest BCUT2D eigenvalue weighted by atomic mass is 16.5. The topological polar surface area (TPSA) is 68.5 Å². The number of nitrogens with two attached hydrogens (primary N) is 1. The summed E-state index contributed by atoms with van der Waals surface area (Å²) in [6.07, 6.45) is 1.61. The van der Waals surface area contributed by atoms with Crippen LogP contribution in [0.25, 0.3) is 0 Å². The van der Waals surface area contributed by atoms with E-state index < -0.39 is 6.04 Å². The standard InChI is InChI=1S/C9H11N3O2.CH4/c1-12-8-7(3-2-4-11-8)14-5-6(10)9(12)13;/h2-4,6H,5,10H2,1H3;1H4/t6-;/m0./s1. The summed E-state index contributed by atoms with van der Waals surface area (Å²) in [5, 5.41) is 0. The maximum absolute atomic E-state index is 11.6. The highest BCUT2D eigenvalue weighted by molar-refractivity contribution is 5.97. The quantitative estimate of drug-likeness (QED) is 0.671. The van der Waals surface area contributed by atoms with Gasteiger partial charge in [-0.25, -0.2) is 4.98 Å². The van der Waals surface area contributed by atoms with E-state index in [2.05, 4.69) is 4.98 Å². The van der Waals surface area contributed by atoms with Gasteiger partial charge in [0, 0.05) is 13.2 Å². The first-order valence-corrected chi connectivity index (χ1v) is 4.31. The Kier molecular flexibility index (Phi) is 3.26. The number of rotatable bonds is 0. The molecule has 1 aromatic heterocycles. The van der Waals surface area contributed by atoms with E-state index in [1.54, 1.807) is 25.4 Å². The zero-order valence-electron chi connectivity index (χ0n) is 7.80. The van der Waals surface area contributed by atoms with Crippen LogP contribution in [0.3, 0.4) is 0 Å². The summed E-state index contributed by atoms with van der Waals surface area (Å²) in [6, 6.07) is 2.91. The second-order valence-electron chi connectivity index (χ2n) is 3.14. The van der Waals surface area contributed by atoms with Crippen molar-refractivity contribution in [3.63, 3.8) is 0 Å². The van der Waals surface area contributed by atoms with Gasteiger partial charge in [0.1, 0.15) is 12.6 Å². The van der Waals surface area contributed by atoms with E-state index >= 15 is 0 Å². The number of anilines is 1. The Hall–Kier alpha value is -1.62. The molecule has 15 heavy (non-hydrogen) atoms. The third-order valence-corrected chi connectivity index (χ3v) is 2.13. The molecule has 0 bridgehead atoms. The van der Waals surface area contributed by atoms with Gasteiger partial charge in [0.15, 0.2) is 11.6 Å². The van der Waals surface area contributed by atoms with Crippen molar-refractivity contribution in [1.82, 2.24) is 4.98 Å². The molecular weight excluding hydrogens is 194 g/mol. The molecule has 0 unspecified atom stereocenters. The van der Waals surface area contributed by atoms with Crippen LogP contribution < -0.4 is 15.4 Å². The molecule has 0 spiro atoms. The fraction of sp³-hybridized carbons (Fsp3) is 0.400. The average Bonchev–Trinajstić information content (AvgIpc) is 2.32. The summed E-state index contributed by atoms with van der Waals surface area (Å²) in [5.74, 6) is 0.934. The van der Waals surface area contributed by atoms with Crippen molar-refractivity contribution in [3.05, 3.63) is 18.3 Å². The van der Waals surface area contributed by atoms with Gasteiger partial charge in [0.25, 0.3) is 0 Å². The third-order valence-electron chi connectivity index (χ3n) is 2.13. The molecule has 2 rings (SSSR count). The fourth-order valence-corrected chi connectivity index (χ4v) is 1.35. The first kappa shape index (κ1) is 11.5. The van der Waals surface area contributed by atoms with E-state index in [0.717, 1.165) is 0 Å². The molecule has 0 aliphatic carbocycles. The minimum atomic E-state index is -0.616. The van der Waals surface area contributed by atoms with Crippen molar-refractivity contribution in [1.29, 1.82) is 0 Å². The Morgan fingerprint density at radius 1 is 1.67 bits per heavy atom. The van der Waals surface area contributed by atoms with E-state index in [4.69, 9.17) is 10.5 Å². The minimum absolute atomic E-state index is 0. The average molecular weight is 209 g/mol. The first-order chi connectivity index (χ1) is 6.70. The SMILES string of the molecule is C.CN1C(=O)[C@@H](N)COc2cccnc21. The van der Waals surface area contributed by atoms with Gasteiger partial charge in [-0.2, -0.15) is 0 Å². The van der Waals surface area contributed by atoms with Gasteiger partial charge in [-0.1, -0.05) is 7.43 Å². The number of fused-ring (bicyclic) bond motifs is 1. The summed E-state index contributed by atoms with van der Waals surface area (Å²) in [6.45, 7) is 0.196. The largest absolute Gasteiger partial charge is 0.488 e. The smallest absolute Gasteiger partial charge is 0.248 e. The van der Waals surface area contributed by atoms with Gasteiger partial charge in [-0.05, 0) is 12.1 Å². The molecule has 0 radical (unpaired) electrons. The predicted molar refractivity (Wildman–Crippen MR) is 57.8 cm³/mol. The van der Waals surface area contributed by atoms with Crippen molar-refractivity contribution >= 4 is 11.7 Å². The monoisotopic (exact) mass is 209 g/mol. The summed E-state index contributed by atoms with van der Waals surface area (Å²) in [4.78, 5) is 17.1. The van der Waals surface area contributed by atoms with Crippen molar-refractivity contribution in [2.45, 2.75) is 13.5 Å². The second-order valence-corrected chi connectivity index (χ2v) is 3.14. The number of nitrogens with zero attached hydrogens (tertiary/aromatic N) is 2. The number of likely N-dealkylation sites (N-methyl/N-ethyl adjacent to an activating group) is 1. The lowest BCUT2D eigenvalue weighted by atomic mass is 10.3. The summed E-state index contributed by atoms with van der Waals surface area (Å²) in [7, 11) is 1.64. The van der Waals surface area contributed by atoms with E-state index in [1.807, 2.05) is 0 Å². The molecule has 0 fully saturated rings. The number of hydrogen-bond donors (Lipinski definition) is 1. The molecule has 2 N–H and O–H groups in total. The third kappa shape index (κ3) is 1.92. The Morgan fingerprint density at radius 2 is 2.40 bits per heavy atom. The van der Waals surface area contributed by atoms with Crippen LogP contribution in [0.15, 0.2) is 18.3 Å². The minimum Gasteiger partial charge on any atom is -0.488 e. The van der Waals surface area contributed by atoms with Crippen LogP contribution in [-0.4, -0.2) is 30.6 Å². The molecule has 0 saturated heterocycles. The summed E-state index contributed by atoms with van der Waals surface area (Å²) >= 11 is 0. The highest BCUT2D eigenvalue weighted by Crippen LogP contribution is 2.26. The molecule has 1 aliphatic rings. The van der Waals surface area contributed by atoms with Gasteiger partial charge in [-0.3, -0.25) is 9.69 Å².